The van der Waals surface area contributed by atoms with Crippen molar-refractivity contribution < 1.29 is 9.53 Å². The van der Waals surface area contributed by atoms with Crippen molar-refractivity contribution in [1.29, 1.82) is 0 Å². The molecular formula is C9H8BrClO2. The SMILES string of the molecule is COC(=O)c1cc(Cl)c(C)cc1Br. The van der Waals surface area contributed by atoms with E-state index in [0.29, 0.717) is 15.1 Å². The van der Waals surface area contributed by atoms with Crippen molar-refractivity contribution >= 4 is 33.5 Å². The highest BCUT2D eigenvalue weighted by Crippen LogP contribution is 2.25. The Morgan fingerprint density at radius 3 is 2.69 bits per heavy atom. The molecule has 0 atom stereocenters. The van der Waals surface area contributed by atoms with Crippen LogP contribution in [0.4, 0.5) is 0 Å². The van der Waals surface area contributed by atoms with Crippen LogP contribution in [0.25, 0.3) is 0 Å². The van der Waals surface area contributed by atoms with Gasteiger partial charge in [-0.05, 0) is 40.5 Å². The van der Waals surface area contributed by atoms with Crippen molar-refractivity contribution in [3.8, 4) is 0 Å². The largest absolute Gasteiger partial charge is 0.465 e. The van der Waals surface area contributed by atoms with Crippen molar-refractivity contribution in [3.63, 3.8) is 0 Å². The third-order valence-electron chi connectivity index (χ3n) is 1.65. The molecule has 0 saturated heterocycles. The lowest BCUT2D eigenvalue weighted by Gasteiger charge is -2.04. The summed E-state index contributed by atoms with van der Waals surface area (Å²) in [7, 11) is 1.34. The van der Waals surface area contributed by atoms with Crippen LogP contribution in [0.2, 0.25) is 5.02 Å². The third-order valence-corrected chi connectivity index (χ3v) is 2.72. The van der Waals surface area contributed by atoms with Crippen molar-refractivity contribution in [2.45, 2.75) is 6.92 Å². The Hall–Kier alpha value is -0.540. The lowest BCUT2D eigenvalue weighted by Crippen LogP contribution is -2.02. The van der Waals surface area contributed by atoms with Gasteiger partial charge in [0.2, 0.25) is 0 Å². The Labute approximate surface area is 90.0 Å². The van der Waals surface area contributed by atoms with Crippen LogP contribution in [0.5, 0.6) is 0 Å². The summed E-state index contributed by atoms with van der Waals surface area (Å²) in [5.74, 6) is -0.395. The van der Waals surface area contributed by atoms with Crippen LogP contribution < -0.4 is 0 Å². The molecule has 0 unspecified atom stereocenters. The van der Waals surface area contributed by atoms with E-state index in [1.54, 1.807) is 12.1 Å². The molecule has 0 aliphatic carbocycles. The Bertz CT molecular complexity index is 350. The van der Waals surface area contributed by atoms with E-state index in [0.717, 1.165) is 5.56 Å². The smallest absolute Gasteiger partial charge is 0.339 e. The number of methoxy groups -OCH3 is 1. The van der Waals surface area contributed by atoms with Gasteiger partial charge in [-0.25, -0.2) is 4.79 Å². The fourth-order valence-electron chi connectivity index (χ4n) is 0.913. The first-order chi connectivity index (χ1) is 6.06. The lowest BCUT2D eigenvalue weighted by molar-refractivity contribution is 0.0599. The normalized spacial score (nSPS) is 9.85. The summed E-state index contributed by atoms with van der Waals surface area (Å²) in [5.41, 5.74) is 1.36. The molecule has 0 aliphatic rings. The van der Waals surface area contributed by atoms with E-state index in [-0.39, 0.29) is 0 Å². The Balaban J connectivity index is 3.23. The highest BCUT2D eigenvalue weighted by Gasteiger charge is 2.11. The maximum atomic E-state index is 11.2. The molecule has 0 radical (unpaired) electrons. The van der Waals surface area contributed by atoms with Gasteiger partial charge in [-0.2, -0.15) is 0 Å². The molecule has 0 fully saturated rings. The Kier molecular flexibility index (Phi) is 3.33. The summed E-state index contributed by atoms with van der Waals surface area (Å²) in [6, 6.07) is 3.38. The van der Waals surface area contributed by atoms with Gasteiger partial charge in [0.05, 0.1) is 12.7 Å². The molecule has 0 N–H and O–H groups in total. The van der Waals surface area contributed by atoms with Crippen LogP contribution in [-0.2, 0) is 4.74 Å². The van der Waals surface area contributed by atoms with Gasteiger partial charge in [0.25, 0.3) is 0 Å². The van der Waals surface area contributed by atoms with Gasteiger partial charge >= 0.3 is 5.97 Å². The minimum atomic E-state index is -0.395. The van der Waals surface area contributed by atoms with Gasteiger partial charge in [0.1, 0.15) is 0 Å². The molecule has 1 aromatic rings. The van der Waals surface area contributed by atoms with Crippen LogP contribution >= 0.6 is 27.5 Å². The molecule has 13 heavy (non-hydrogen) atoms. The fourth-order valence-corrected chi connectivity index (χ4v) is 1.70. The minimum absolute atomic E-state index is 0.395. The maximum Gasteiger partial charge on any atom is 0.339 e. The summed E-state index contributed by atoms with van der Waals surface area (Å²) in [6.07, 6.45) is 0. The van der Waals surface area contributed by atoms with Crippen LogP contribution in [0, 0.1) is 6.92 Å². The zero-order valence-corrected chi connectivity index (χ0v) is 9.57. The molecule has 0 spiro atoms. The zero-order chi connectivity index (χ0) is 10.0. The molecule has 0 bridgehead atoms. The molecule has 2 nitrogen and oxygen atoms in total. The number of carbonyl (C=O) groups excluding carboxylic acids is 1. The molecule has 0 heterocycles. The van der Waals surface area contributed by atoms with Gasteiger partial charge in [-0.1, -0.05) is 11.6 Å². The second-order valence-electron chi connectivity index (χ2n) is 2.57. The minimum Gasteiger partial charge on any atom is -0.465 e. The first-order valence-electron chi connectivity index (χ1n) is 3.60. The number of benzene rings is 1. The highest BCUT2D eigenvalue weighted by molar-refractivity contribution is 9.10. The summed E-state index contributed by atoms with van der Waals surface area (Å²) in [5, 5.41) is 0.559. The summed E-state index contributed by atoms with van der Waals surface area (Å²) in [6.45, 7) is 1.87. The fraction of sp³-hybridized carbons (Fsp3) is 0.222. The van der Waals surface area contributed by atoms with Gasteiger partial charge in [0.15, 0.2) is 0 Å². The molecule has 0 amide bonds. The summed E-state index contributed by atoms with van der Waals surface area (Å²) >= 11 is 9.12. The average molecular weight is 264 g/mol. The number of ether oxygens (including phenoxy) is 1. The van der Waals surface area contributed by atoms with E-state index in [2.05, 4.69) is 20.7 Å². The number of hydrogen-bond donors (Lipinski definition) is 0. The van der Waals surface area contributed by atoms with Gasteiger partial charge in [-0.3, -0.25) is 0 Å². The van der Waals surface area contributed by atoms with E-state index in [9.17, 15) is 4.79 Å². The topological polar surface area (TPSA) is 26.3 Å². The van der Waals surface area contributed by atoms with Crippen LogP contribution in [0.15, 0.2) is 16.6 Å². The van der Waals surface area contributed by atoms with E-state index in [4.69, 9.17) is 11.6 Å². The number of carbonyl (C=O) groups is 1. The second kappa shape index (κ2) is 4.11. The lowest BCUT2D eigenvalue weighted by atomic mass is 10.1. The van der Waals surface area contributed by atoms with Gasteiger partial charge in [0, 0.05) is 9.50 Å². The molecule has 0 aromatic heterocycles. The molecule has 0 saturated carbocycles. The number of esters is 1. The van der Waals surface area contributed by atoms with Crippen molar-refractivity contribution in [1.82, 2.24) is 0 Å². The second-order valence-corrected chi connectivity index (χ2v) is 3.83. The van der Waals surface area contributed by atoms with Crippen molar-refractivity contribution in [2.75, 3.05) is 7.11 Å². The molecular weight excluding hydrogens is 255 g/mol. The standard InChI is InChI=1S/C9H8BrClO2/c1-5-3-7(10)6(4-8(5)11)9(12)13-2/h3-4H,1-2H3. The maximum absolute atomic E-state index is 11.2. The molecule has 70 valence electrons. The Morgan fingerprint density at radius 2 is 2.15 bits per heavy atom. The quantitative estimate of drug-likeness (QED) is 0.727. The first kappa shape index (κ1) is 10.5. The van der Waals surface area contributed by atoms with Gasteiger partial charge < -0.3 is 4.74 Å². The van der Waals surface area contributed by atoms with Crippen LogP contribution in [-0.4, -0.2) is 13.1 Å². The highest BCUT2D eigenvalue weighted by atomic mass is 79.9. The van der Waals surface area contributed by atoms with E-state index in [1.165, 1.54) is 7.11 Å². The van der Waals surface area contributed by atoms with Crippen LogP contribution in [0.1, 0.15) is 15.9 Å². The van der Waals surface area contributed by atoms with Crippen molar-refractivity contribution in [3.05, 3.63) is 32.8 Å². The molecule has 1 aromatic carbocycles. The summed E-state index contributed by atoms with van der Waals surface area (Å²) in [4.78, 5) is 11.2. The Morgan fingerprint density at radius 1 is 1.54 bits per heavy atom. The van der Waals surface area contributed by atoms with Crippen molar-refractivity contribution in [2.24, 2.45) is 0 Å². The average Bonchev–Trinajstić information content (AvgIpc) is 2.10. The molecule has 0 aliphatic heterocycles. The predicted octanol–water partition coefficient (Wildman–Crippen LogP) is 3.20. The number of hydrogen-bond acceptors (Lipinski definition) is 2. The number of aryl methyl sites for hydroxylation is 1. The third kappa shape index (κ3) is 2.23. The van der Waals surface area contributed by atoms with E-state index >= 15 is 0 Å². The first-order valence-corrected chi connectivity index (χ1v) is 4.77. The predicted molar refractivity (Wildman–Crippen MR) is 55.2 cm³/mol. The molecule has 4 heteroatoms. The van der Waals surface area contributed by atoms with Crippen LogP contribution in [0.3, 0.4) is 0 Å². The number of halogens is 2. The summed E-state index contributed by atoms with van der Waals surface area (Å²) < 4.78 is 5.28. The monoisotopic (exact) mass is 262 g/mol. The zero-order valence-electron chi connectivity index (χ0n) is 7.23. The van der Waals surface area contributed by atoms with Gasteiger partial charge in [-0.15, -0.1) is 0 Å². The number of rotatable bonds is 1. The van der Waals surface area contributed by atoms with E-state index < -0.39 is 5.97 Å². The molecule has 1 rings (SSSR count). The van der Waals surface area contributed by atoms with E-state index in [1.807, 2.05) is 6.92 Å².